The Kier molecular flexibility index (Phi) is 4.70. The molecule has 2 N–H and O–H groups in total. The summed E-state index contributed by atoms with van der Waals surface area (Å²) in [5.41, 5.74) is 8.59. The standard InChI is InChI=1S/C17H17N3O/c1-20(16-8-4-14(12-19)5-9-16)17(21)15-6-2-13(3-7-15)10-11-18/h2-9H,10-11,18H2,1H3. The monoisotopic (exact) mass is 279 g/mol. The largest absolute Gasteiger partial charge is 0.330 e. The van der Waals surface area contributed by atoms with Crippen molar-refractivity contribution in [3.63, 3.8) is 0 Å². The van der Waals surface area contributed by atoms with Gasteiger partial charge in [0.2, 0.25) is 0 Å². The molecule has 0 bridgehead atoms. The molecule has 4 nitrogen and oxygen atoms in total. The van der Waals surface area contributed by atoms with Gasteiger partial charge in [-0.1, -0.05) is 12.1 Å². The molecule has 2 rings (SSSR count). The van der Waals surface area contributed by atoms with Gasteiger partial charge in [0.1, 0.15) is 0 Å². The van der Waals surface area contributed by atoms with Crippen molar-refractivity contribution in [1.82, 2.24) is 0 Å². The third-order valence-corrected chi connectivity index (χ3v) is 3.32. The van der Waals surface area contributed by atoms with Crippen LogP contribution in [0.2, 0.25) is 0 Å². The van der Waals surface area contributed by atoms with Crippen molar-refractivity contribution in [1.29, 1.82) is 5.26 Å². The lowest BCUT2D eigenvalue weighted by Gasteiger charge is -2.17. The first-order valence-corrected chi connectivity index (χ1v) is 6.73. The van der Waals surface area contributed by atoms with E-state index in [4.69, 9.17) is 11.0 Å². The number of anilines is 1. The molecule has 1 amide bonds. The molecule has 0 atom stereocenters. The fraction of sp³-hybridized carbons (Fsp3) is 0.176. The highest BCUT2D eigenvalue weighted by molar-refractivity contribution is 6.05. The van der Waals surface area contributed by atoms with Gasteiger partial charge in [0.05, 0.1) is 11.6 Å². The van der Waals surface area contributed by atoms with Gasteiger partial charge in [-0.05, 0) is 54.9 Å². The molecule has 4 heteroatoms. The minimum Gasteiger partial charge on any atom is -0.330 e. The Morgan fingerprint density at radius 1 is 1.14 bits per heavy atom. The molecular weight excluding hydrogens is 262 g/mol. The van der Waals surface area contributed by atoms with Crippen LogP contribution >= 0.6 is 0 Å². The number of amides is 1. The predicted molar refractivity (Wildman–Crippen MR) is 83.1 cm³/mol. The normalized spacial score (nSPS) is 9.95. The van der Waals surface area contributed by atoms with E-state index in [1.165, 1.54) is 0 Å². The van der Waals surface area contributed by atoms with Crippen LogP contribution in [0.3, 0.4) is 0 Å². The van der Waals surface area contributed by atoms with E-state index in [0.717, 1.165) is 17.7 Å². The van der Waals surface area contributed by atoms with Gasteiger partial charge in [0.15, 0.2) is 0 Å². The Balaban J connectivity index is 2.16. The summed E-state index contributed by atoms with van der Waals surface area (Å²) in [6.07, 6.45) is 0.805. The fourth-order valence-electron chi connectivity index (χ4n) is 2.05. The molecule has 0 aliphatic heterocycles. The molecule has 0 aliphatic carbocycles. The molecule has 0 spiro atoms. The Bertz CT molecular complexity index is 654. The number of nitrogens with two attached hydrogens (primary N) is 1. The highest BCUT2D eigenvalue weighted by Crippen LogP contribution is 2.16. The van der Waals surface area contributed by atoms with Crippen LogP contribution < -0.4 is 10.6 Å². The molecule has 0 saturated heterocycles. The Hall–Kier alpha value is -2.64. The molecule has 0 aliphatic rings. The minimum atomic E-state index is -0.0843. The lowest BCUT2D eigenvalue weighted by molar-refractivity contribution is 0.0993. The van der Waals surface area contributed by atoms with E-state index in [1.807, 2.05) is 24.3 Å². The molecule has 0 heterocycles. The van der Waals surface area contributed by atoms with Gasteiger partial charge in [-0.15, -0.1) is 0 Å². The van der Waals surface area contributed by atoms with Crippen LogP contribution in [0.15, 0.2) is 48.5 Å². The molecule has 106 valence electrons. The number of carbonyl (C=O) groups excluding carboxylic acids is 1. The van der Waals surface area contributed by atoms with Crippen molar-refractivity contribution in [2.45, 2.75) is 6.42 Å². The average Bonchev–Trinajstić information content (AvgIpc) is 2.54. The second-order valence-electron chi connectivity index (χ2n) is 4.76. The van der Waals surface area contributed by atoms with Crippen molar-refractivity contribution >= 4 is 11.6 Å². The van der Waals surface area contributed by atoms with E-state index in [-0.39, 0.29) is 5.91 Å². The van der Waals surface area contributed by atoms with Crippen molar-refractivity contribution in [3.05, 3.63) is 65.2 Å². The SMILES string of the molecule is CN(C(=O)c1ccc(CCN)cc1)c1ccc(C#N)cc1. The van der Waals surface area contributed by atoms with Gasteiger partial charge < -0.3 is 10.6 Å². The Morgan fingerprint density at radius 3 is 2.29 bits per heavy atom. The van der Waals surface area contributed by atoms with E-state index in [2.05, 4.69) is 6.07 Å². The van der Waals surface area contributed by atoms with Crippen molar-refractivity contribution in [3.8, 4) is 6.07 Å². The summed E-state index contributed by atoms with van der Waals surface area (Å²) in [4.78, 5) is 14.0. The third kappa shape index (κ3) is 3.47. The second kappa shape index (κ2) is 6.69. The predicted octanol–water partition coefficient (Wildman–Crippen LogP) is 2.34. The lowest BCUT2D eigenvalue weighted by atomic mass is 10.1. The van der Waals surface area contributed by atoms with Gasteiger partial charge in [0.25, 0.3) is 5.91 Å². The number of hydrogen-bond donors (Lipinski definition) is 1. The molecule has 0 fully saturated rings. The first kappa shape index (κ1) is 14.8. The first-order chi connectivity index (χ1) is 10.2. The number of nitriles is 1. The zero-order chi connectivity index (χ0) is 15.2. The van der Waals surface area contributed by atoms with Crippen LogP contribution in [-0.4, -0.2) is 19.5 Å². The first-order valence-electron chi connectivity index (χ1n) is 6.73. The van der Waals surface area contributed by atoms with Crippen LogP contribution in [0.1, 0.15) is 21.5 Å². The third-order valence-electron chi connectivity index (χ3n) is 3.32. The van der Waals surface area contributed by atoms with Crippen LogP contribution in [0, 0.1) is 11.3 Å². The van der Waals surface area contributed by atoms with E-state index in [9.17, 15) is 4.79 Å². The summed E-state index contributed by atoms with van der Waals surface area (Å²) in [5.74, 6) is -0.0843. The van der Waals surface area contributed by atoms with Gasteiger partial charge in [0, 0.05) is 18.3 Å². The maximum absolute atomic E-state index is 12.4. The van der Waals surface area contributed by atoms with Crippen LogP contribution in [0.5, 0.6) is 0 Å². The molecule has 0 saturated carbocycles. The van der Waals surface area contributed by atoms with E-state index in [0.29, 0.717) is 17.7 Å². The fourth-order valence-corrected chi connectivity index (χ4v) is 2.05. The van der Waals surface area contributed by atoms with Gasteiger partial charge in [-0.3, -0.25) is 4.79 Å². The van der Waals surface area contributed by atoms with Gasteiger partial charge >= 0.3 is 0 Å². The van der Waals surface area contributed by atoms with Crippen molar-refractivity contribution in [2.75, 3.05) is 18.5 Å². The number of benzene rings is 2. The molecule has 0 aromatic heterocycles. The summed E-state index contributed by atoms with van der Waals surface area (Å²) in [6.45, 7) is 0.596. The van der Waals surface area contributed by atoms with Crippen LogP contribution in [0.4, 0.5) is 5.69 Å². The maximum Gasteiger partial charge on any atom is 0.258 e. The number of hydrogen-bond acceptors (Lipinski definition) is 3. The van der Waals surface area contributed by atoms with Crippen LogP contribution in [-0.2, 0) is 6.42 Å². The molecular formula is C17H17N3O. The molecule has 21 heavy (non-hydrogen) atoms. The number of nitrogens with zero attached hydrogens (tertiary/aromatic N) is 2. The highest BCUT2D eigenvalue weighted by atomic mass is 16.2. The maximum atomic E-state index is 12.4. The highest BCUT2D eigenvalue weighted by Gasteiger charge is 2.13. The molecule has 0 unspecified atom stereocenters. The van der Waals surface area contributed by atoms with E-state index in [1.54, 1.807) is 36.2 Å². The lowest BCUT2D eigenvalue weighted by Crippen LogP contribution is -2.26. The molecule has 0 radical (unpaired) electrons. The topological polar surface area (TPSA) is 70.1 Å². The van der Waals surface area contributed by atoms with Crippen LogP contribution in [0.25, 0.3) is 0 Å². The summed E-state index contributed by atoms with van der Waals surface area (Å²) in [7, 11) is 1.72. The molecule has 2 aromatic carbocycles. The van der Waals surface area contributed by atoms with Gasteiger partial charge in [-0.25, -0.2) is 0 Å². The second-order valence-corrected chi connectivity index (χ2v) is 4.76. The quantitative estimate of drug-likeness (QED) is 0.933. The average molecular weight is 279 g/mol. The smallest absolute Gasteiger partial charge is 0.258 e. The summed E-state index contributed by atoms with van der Waals surface area (Å²) >= 11 is 0. The Labute approximate surface area is 124 Å². The van der Waals surface area contributed by atoms with Crippen molar-refractivity contribution < 1.29 is 4.79 Å². The van der Waals surface area contributed by atoms with Gasteiger partial charge in [-0.2, -0.15) is 5.26 Å². The summed E-state index contributed by atoms with van der Waals surface area (Å²) < 4.78 is 0. The Morgan fingerprint density at radius 2 is 1.76 bits per heavy atom. The zero-order valence-corrected chi connectivity index (χ0v) is 11.9. The van der Waals surface area contributed by atoms with E-state index >= 15 is 0 Å². The number of carbonyl (C=O) groups is 1. The minimum absolute atomic E-state index is 0.0843. The summed E-state index contributed by atoms with van der Waals surface area (Å²) in [6, 6.07) is 16.5. The zero-order valence-electron chi connectivity index (χ0n) is 11.9. The van der Waals surface area contributed by atoms with Crippen molar-refractivity contribution in [2.24, 2.45) is 5.73 Å². The van der Waals surface area contributed by atoms with E-state index < -0.39 is 0 Å². The number of rotatable bonds is 4. The molecule has 2 aromatic rings. The summed E-state index contributed by atoms with van der Waals surface area (Å²) in [5, 5.41) is 8.78.